The van der Waals surface area contributed by atoms with Gasteiger partial charge in [0, 0.05) is 19.3 Å². The molecule has 0 saturated heterocycles. The number of esters is 1. The molecule has 0 amide bonds. The monoisotopic (exact) mass is 210 g/mol. The molecular formula is C12H18O3. The summed E-state index contributed by atoms with van der Waals surface area (Å²) in [7, 11) is 0. The highest BCUT2D eigenvalue weighted by Gasteiger charge is 2.04. The van der Waals surface area contributed by atoms with Gasteiger partial charge < -0.3 is 4.74 Å². The predicted molar refractivity (Wildman–Crippen MR) is 58.4 cm³/mol. The molecule has 0 aliphatic rings. The number of hydrogen-bond acceptors (Lipinski definition) is 3. The third-order valence-corrected chi connectivity index (χ3v) is 1.85. The second-order valence-electron chi connectivity index (χ2n) is 3.23. The van der Waals surface area contributed by atoms with Gasteiger partial charge in [0.2, 0.25) is 0 Å². The van der Waals surface area contributed by atoms with Gasteiger partial charge in [-0.3, -0.25) is 9.59 Å². The lowest BCUT2D eigenvalue weighted by Crippen LogP contribution is -2.09. The summed E-state index contributed by atoms with van der Waals surface area (Å²) in [5.41, 5.74) is 2.52. The second kappa shape index (κ2) is 9.22. The number of unbranched alkanes of at least 4 members (excludes halogenated alkanes) is 1. The van der Waals surface area contributed by atoms with Gasteiger partial charge in [0.25, 0.3) is 0 Å². The van der Waals surface area contributed by atoms with E-state index in [4.69, 9.17) is 4.74 Å². The molecule has 84 valence electrons. The number of Topliss-reactive ketones (excluding diaryl/α,β-unsaturated/α-hetero) is 1. The first-order valence-electron chi connectivity index (χ1n) is 5.22. The van der Waals surface area contributed by atoms with E-state index in [1.54, 1.807) is 6.08 Å². The van der Waals surface area contributed by atoms with Gasteiger partial charge in [-0.15, -0.1) is 5.73 Å². The van der Waals surface area contributed by atoms with Crippen LogP contribution < -0.4 is 0 Å². The topological polar surface area (TPSA) is 43.4 Å². The summed E-state index contributed by atoms with van der Waals surface area (Å²) < 4.78 is 4.89. The van der Waals surface area contributed by atoms with Crippen LogP contribution in [0.25, 0.3) is 0 Å². The summed E-state index contributed by atoms with van der Waals surface area (Å²) in [5, 5.41) is 0. The lowest BCUT2D eigenvalue weighted by molar-refractivity contribution is -0.144. The van der Waals surface area contributed by atoms with Crippen molar-refractivity contribution in [2.45, 2.75) is 39.0 Å². The van der Waals surface area contributed by atoms with Gasteiger partial charge >= 0.3 is 5.97 Å². The fraction of sp³-hybridized carbons (Fsp3) is 0.583. The molecule has 0 bridgehead atoms. The van der Waals surface area contributed by atoms with E-state index < -0.39 is 0 Å². The van der Waals surface area contributed by atoms with Crippen LogP contribution in [-0.2, 0) is 14.3 Å². The Hall–Kier alpha value is -1.34. The van der Waals surface area contributed by atoms with Crippen LogP contribution in [0.1, 0.15) is 39.0 Å². The summed E-state index contributed by atoms with van der Waals surface area (Å²) >= 11 is 0. The van der Waals surface area contributed by atoms with Crippen molar-refractivity contribution in [1.29, 1.82) is 0 Å². The van der Waals surface area contributed by atoms with Crippen LogP contribution in [0.5, 0.6) is 0 Å². The summed E-state index contributed by atoms with van der Waals surface area (Å²) in [5.74, 6) is -0.182. The molecule has 0 aliphatic carbocycles. The minimum Gasteiger partial charge on any atom is -0.465 e. The van der Waals surface area contributed by atoms with Crippen molar-refractivity contribution in [3.63, 3.8) is 0 Å². The van der Waals surface area contributed by atoms with Crippen LogP contribution in [0.15, 0.2) is 18.4 Å². The highest BCUT2D eigenvalue weighted by atomic mass is 16.5. The van der Waals surface area contributed by atoms with Gasteiger partial charge in [0.15, 0.2) is 0 Å². The smallest absolute Gasteiger partial charge is 0.305 e. The fourth-order valence-electron chi connectivity index (χ4n) is 0.960. The van der Waals surface area contributed by atoms with Crippen molar-refractivity contribution in [2.75, 3.05) is 6.61 Å². The molecule has 0 fully saturated rings. The number of hydrogen-bond donors (Lipinski definition) is 0. The minimum absolute atomic E-state index is 0.0365. The Morgan fingerprint density at radius 3 is 2.73 bits per heavy atom. The molecule has 0 radical (unpaired) electrons. The second-order valence-corrected chi connectivity index (χ2v) is 3.23. The molecule has 3 nitrogen and oxygen atoms in total. The van der Waals surface area contributed by atoms with E-state index in [0.29, 0.717) is 12.8 Å². The summed E-state index contributed by atoms with van der Waals surface area (Å²) in [4.78, 5) is 22.1. The molecule has 15 heavy (non-hydrogen) atoms. The standard InChI is InChI=1S/C12H18O3/c1-3-5-7-11(13)9-10-15-12(14)8-6-4-2/h5H,1,4,6-10H2,2H3. The normalized spacial score (nSPS) is 9.13. The van der Waals surface area contributed by atoms with Crippen LogP contribution in [0.3, 0.4) is 0 Å². The molecule has 0 aromatic rings. The van der Waals surface area contributed by atoms with E-state index in [2.05, 4.69) is 12.3 Å². The minimum atomic E-state index is -0.219. The third kappa shape index (κ3) is 8.98. The Bertz CT molecular complexity index is 250. The van der Waals surface area contributed by atoms with E-state index in [1.807, 2.05) is 6.92 Å². The fourth-order valence-corrected chi connectivity index (χ4v) is 0.960. The van der Waals surface area contributed by atoms with Gasteiger partial charge in [-0.05, 0) is 12.5 Å². The lowest BCUT2D eigenvalue weighted by Gasteiger charge is -2.02. The number of allylic oxidation sites excluding steroid dienone is 1. The van der Waals surface area contributed by atoms with Crippen molar-refractivity contribution in [3.05, 3.63) is 18.4 Å². The van der Waals surface area contributed by atoms with Crippen molar-refractivity contribution in [2.24, 2.45) is 0 Å². The Labute approximate surface area is 90.8 Å². The van der Waals surface area contributed by atoms with Crippen molar-refractivity contribution in [3.8, 4) is 0 Å². The van der Waals surface area contributed by atoms with Gasteiger partial charge in [-0.2, -0.15) is 0 Å². The average Bonchev–Trinajstić information content (AvgIpc) is 2.23. The van der Waals surface area contributed by atoms with Gasteiger partial charge in [0.05, 0.1) is 6.61 Å². The lowest BCUT2D eigenvalue weighted by atomic mass is 10.2. The maximum absolute atomic E-state index is 11.1. The van der Waals surface area contributed by atoms with Crippen LogP contribution in [-0.4, -0.2) is 18.4 Å². The number of ketones is 1. The molecule has 0 aliphatic heterocycles. The maximum atomic E-state index is 11.1. The van der Waals surface area contributed by atoms with E-state index in [0.717, 1.165) is 12.8 Å². The van der Waals surface area contributed by atoms with Crippen molar-refractivity contribution >= 4 is 11.8 Å². The average molecular weight is 210 g/mol. The predicted octanol–water partition coefficient (Wildman–Crippen LogP) is 2.41. The molecule has 0 atom stereocenters. The first kappa shape index (κ1) is 13.7. The van der Waals surface area contributed by atoms with E-state index in [9.17, 15) is 9.59 Å². The van der Waals surface area contributed by atoms with Gasteiger partial charge in [-0.1, -0.05) is 19.9 Å². The number of ether oxygens (including phenoxy) is 1. The molecule has 0 heterocycles. The van der Waals surface area contributed by atoms with Crippen LogP contribution >= 0.6 is 0 Å². The zero-order valence-corrected chi connectivity index (χ0v) is 9.25. The Morgan fingerprint density at radius 1 is 1.40 bits per heavy atom. The van der Waals surface area contributed by atoms with Crippen LogP contribution in [0.2, 0.25) is 0 Å². The third-order valence-electron chi connectivity index (χ3n) is 1.85. The van der Waals surface area contributed by atoms with Crippen molar-refractivity contribution < 1.29 is 14.3 Å². The summed E-state index contributed by atoms with van der Waals surface area (Å²) in [6.07, 6.45) is 4.41. The quantitative estimate of drug-likeness (QED) is 0.456. The number of carbonyl (C=O) groups is 2. The molecule has 0 aromatic carbocycles. The molecular weight excluding hydrogens is 192 g/mol. The molecule has 3 heteroatoms. The van der Waals surface area contributed by atoms with E-state index in [1.165, 1.54) is 0 Å². The van der Waals surface area contributed by atoms with E-state index in [-0.39, 0.29) is 24.8 Å². The van der Waals surface area contributed by atoms with Crippen LogP contribution in [0.4, 0.5) is 0 Å². The van der Waals surface area contributed by atoms with Gasteiger partial charge in [0.1, 0.15) is 5.78 Å². The van der Waals surface area contributed by atoms with Crippen molar-refractivity contribution in [1.82, 2.24) is 0 Å². The molecule has 0 rings (SSSR count). The number of rotatable bonds is 8. The molecule has 0 aromatic heterocycles. The first-order valence-corrected chi connectivity index (χ1v) is 5.22. The summed E-state index contributed by atoms with van der Waals surface area (Å²) in [6, 6.07) is 0. The Balaban J connectivity index is 3.47. The zero-order valence-electron chi connectivity index (χ0n) is 9.25. The highest BCUT2D eigenvalue weighted by Crippen LogP contribution is 1.98. The zero-order chi connectivity index (χ0) is 11.5. The molecule has 0 saturated carbocycles. The highest BCUT2D eigenvalue weighted by molar-refractivity contribution is 5.80. The largest absolute Gasteiger partial charge is 0.465 e. The van der Waals surface area contributed by atoms with Crippen LogP contribution in [0, 0.1) is 0 Å². The van der Waals surface area contributed by atoms with Gasteiger partial charge in [-0.25, -0.2) is 0 Å². The Morgan fingerprint density at radius 2 is 2.13 bits per heavy atom. The summed E-state index contributed by atoms with van der Waals surface area (Å²) in [6.45, 7) is 5.56. The molecule has 0 spiro atoms. The SMILES string of the molecule is C=C=CCC(=O)CCOC(=O)CCCC. The first-order chi connectivity index (χ1) is 7.20. The maximum Gasteiger partial charge on any atom is 0.305 e. The molecule has 0 N–H and O–H groups in total. The van der Waals surface area contributed by atoms with E-state index >= 15 is 0 Å². The molecule has 0 unspecified atom stereocenters. The number of carbonyl (C=O) groups excluding carboxylic acids is 2. The Kier molecular flexibility index (Phi) is 8.40.